The van der Waals surface area contributed by atoms with Crippen LogP contribution in [0.15, 0.2) is 83.0 Å². The molecule has 0 atom stereocenters. The summed E-state index contributed by atoms with van der Waals surface area (Å²) in [4.78, 5) is 9.00. The zero-order valence-electron chi connectivity index (χ0n) is 26.0. The fourth-order valence-electron chi connectivity index (χ4n) is 6.28. The molecule has 0 aliphatic carbocycles. The highest BCUT2D eigenvalue weighted by atomic mass is 16.5. The number of hydrogen-bond acceptors (Lipinski definition) is 8. The normalized spacial score (nSPS) is 12.8. The first-order chi connectivity index (χ1) is 21.8. The molecule has 5 aromatic rings. The van der Waals surface area contributed by atoms with Crippen LogP contribution in [0.3, 0.4) is 0 Å². The Morgan fingerprint density at radius 1 is 0.667 bits per heavy atom. The largest absolute Gasteiger partial charge is 0.497 e. The second-order valence-electron chi connectivity index (χ2n) is 10.9. The summed E-state index contributed by atoms with van der Waals surface area (Å²) in [6, 6.07) is 25.2. The monoisotopic (exact) mass is 602 g/mol. The van der Waals surface area contributed by atoms with E-state index in [0.29, 0.717) is 0 Å². The number of nitrogens with one attached hydrogen (secondary N) is 2. The summed E-state index contributed by atoms with van der Waals surface area (Å²) < 4.78 is 17.0. The van der Waals surface area contributed by atoms with Crippen LogP contribution in [0.5, 0.6) is 17.2 Å². The van der Waals surface area contributed by atoms with Gasteiger partial charge in [-0.1, -0.05) is 36.4 Å². The van der Waals surface area contributed by atoms with Crippen LogP contribution in [0, 0.1) is 0 Å². The van der Waals surface area contributed by atoms with Crippen LogP contribution in [0.1, 0.15) is 54.5 Å². The van der Waals surface area contributed by atoms with E-state index in [1.54, 1.807) is 21.3 Å². The highest BCUT2D eigenvalue weighted by Crippen LogP contribution is 2.48. The molecule has 5 aromatic carbocycles. The van der Waals surface area contributed by atoms with E-state index in [-0.39, 0.29) is 5.92 Å². The van der Waals surface area contributed by atoms with Gasteiger partial charge in [0.2, 0.25) is 0 Å². The average molecular weight is 603 g/mol. The second-order valence-corrected chi connectivity index (χ2v) is 10.9. The number of carbonyl (C=O) groups is 1. The van der Waals surface area contributed by atoms with Crippen molar-refractivity contribution in [1.82, 2.24) is 0 Å². The molecule has 9 heteroatoms. The van der Waals surface area contributed by atoms with Crippen molar-refractivity contribution in [3.05, 3.63) is 101 Å². The Balaban J connectivity index is 0.000000845. The first-order valence-electron chi connectivity index (χ1n) is 14.5. The summed E-state index contributed by atoms with van der Waals surface area (Å²) in [6.45, 7) is 5.13. The summed E-state index contributed by atoms with van der Waals surface area (Å²) in [7, 11) is 5.11. The maximum Gasteiger partial charge on any atom is 0.300 e. The molecule has 0 unspecified atom stereocenters. The summed E-state index contributed by atoms with van der Waals surface area (Å²) in [5.74, 6) is 1.49. The molecule has 45 heavy (non-hydrogen) atoms. The van der Waals surface area contributed by atoms with Gasteiger partial charge < -0.3 is 19.3 Å². The lowest BCUT2D eigenvalue weighted by Crippen LogP contribution is -2.15. The molecule has 0 spiro atoms. The number of carboxylic acids is 1. The minimum absolute atomic E-state index is 0.153. The van der Waals surface area contributed by atoms with Crippen molar-refractivity contribution < 1.29 is 24.1 Å². The zero-order chi connectivity index (χ0) is 31.8. The Labute approximate surface area is 261 Å². The van der Waals surface area contributed by atoms with Crippen molar-refractivity contribution >= 4 is 50.3 Å². The van der Waals surface area contributed by atoms with Crippen molar-refractivity contribution in [2.45, 2.75) is 26.7 Å². The molecule has 0 saturated carbocycles. The fourth-order valence-corrected chi connectivity index (χ4v) is 6.28. The van der Waals surface area contributed by atoms with Gasteiger partial charge in [-0.15, -0.1) is 0 Å². The molecule has 0 amide bonds. The molecular formula is C36H34N4O5. The first-order valence-corrected chi connectivity index (χ1v) is 14.5. The van der Waals surface area contributed by atoms with E-state index in [1.807, 2.05) is 38.1 Å². The quantitative estimate of drug-likeness (QED) is 0.172. The molecule has 0 saturated heterocycles. The third kappa shape index (κ3) is 5.06. The van der Waals surface area contributed by atoms with Crippen LogP contribution in [-0.4, -0.2) is 43.8 Å². The van der Waals surface area contributed by atoms with E-state index in [2.05, 4.69) is 59.4 Å². The van der Waals surface area contributed by atoms with Crippen molar-refractivity contribution in [1.29, 1.82) is 0 Å². The van der Waals surface area contributed by atoms with E-state index in [1.165, 1.54) is 0 Å². The Hall–Kier alpha value is -5.57. The summed E-state index contributed by atoms with van der Waals surface area (Å²) in [5, 5.41) is 21.1. The van der Waals surface area contributed by atoms with Gasteiger partial charge in [-0.2, -0.15) is 10.2 Å². The van der Waals surface area contributed by atoms with E-state index in [4.69, 9.17) is 34.3 Å². The number of carboxylic acid groups (broad SMARTS) is 1. The van der Waals surface area contributed by atoms with Crippen LogP contribution >= 0.6 is 0 Å². The highest BCUT2D eigenvalue weighted by Gasteiger charge is 2.30. The Bertz CT molecular complexity index is 1910. The molecule has 0 radical (unpaired) electrons. The third-order valence-electron chi connectivity index (χ3n) is 8.31. The predicted octanol–water partition coefficient (Wildman–Crippen LogP) is 7.59. The Kier molecular flexibility index (Phi) is 7.76. The third-order valence-corrected chi connectivity index (χ3v) is 8.31. The van der Waals surface area contributed by atoms with Gasteiger partial charge >= 0.3 is 0 Å². The number of ether oxygens (including phenoxy) is 3. The number of aliphatic carboxylic acids is 1. The van der Waals surface area contributed by atoms with Gasteiger partial charge in [-0.05, 0) is 66.9 Å². The van der Waals surface area contributed by atoms with Crippen molar-refractivity contribution in [2.75, 3.05) is 32.2 Å². The zero-order valence-corrected chi connectivity index (χ0v) is 26.0. The lowest BCUT2D eigenvalue weighted by Gasteiger charge is -2.29. The van der Waals surface area contributed by atoms with Gasteiger partial charge in [0, 0.05) is 45.5 Å². The minimum atomic E-state index is -0.833. The summed E-state index contributed by atoms with van der Waals surface area (Å²) in [6.07, 6.45) is 0. The molecular weight excluding hydrogens is 568 g/mol. The highest BCUT2D eigenvalue weighted by molar-refractivity contribution is 6.19. The van der Waals surface area contributed by atoms with Gasteiger partial charge in [-0.25, -0.2) is 0 Å². The average Bonchev–Trinajstić information content (AvgIpc) is 3.05. The Morgan fingerprint density at radius 2 is 1.11 bits per heavy atom. The van der Waals surface area contributed by atoms with E-state index >= 15 is 0 Å². The minimum Gasteiger partial charge on any atom is -0.497 e. The predicted molar refractivity (Wildman–Crippen MR) is 180 cm³/mol. The number of hydrogen-bond donors (Lipinski definition) is 3. The SMILES string of the molecule is CC(=O)O.COc1ccc(C(c2ccc3c(OC)ccc4c3c2NN=C4C)c2ccc3c(OC)ccc4c3c2NN=C4C)cc1. The fraction of sp³-hybridized carbons (Fsp3) is 0.194. The number of methoxy groups -OCH3 is 3. The number of anilines is 2. The number of rotatable bonds is 6. The van der Waals surface area contributed by atoms with Crippen LogP contribution in [-0.2, 0) is 4.79 Å². The molecule has 2 aliphatic heterocycles. The van der Waals surface area contributed by atoms with Gasteiger partial charge in [0.1, 0.15) is 17.2 Å². The van der Waals surface area contributed by atoms with E-state index in [0.717, 1.165) is 96.3 Å². The molecule has 0 aromatic heterocycles. The Morgan fingerprint density at radius 3 is 1.51 bits per heavy atom. The molecule has 0 bridgehead atoms. The second kappa shape index (κ2) is 11.8. The van der Waals surface area contributed by atoms with Crippen LogP contribution in [0.25, 0.3) is 21.5 Å². The molecule has 7 rings (SSSR count). The van der Waals surface area contributed by atoms with E-state index < -0.39 is 5.97 Å². The van der Waals surface area contributed by atoms with Gasteiger partial charge in [-0.3, -0.25) is 15.6 Å². The lowest BCUT2D eigenvalue weighted by atomic mass is 9.80. The summed E-state index contributed by atoms with van der Waals surface area (Å²) >= 11 is 0. The van der Waals surface area contributed by atoms with Gasteiger partial charge in [0.05, 0.1) is 44.1 Å². The van der Waals surface area contributed by atoms with Crippen LogP contribution in [0.4, 0.5) is 11.4 Å². The molecule has 0 fully saturated rings. The van der Waals surface area contributed by atoms with Gasteiger partial charge in [0.15, 0.2) is 0 Å². The molecule has 2 aliphatic rings. The molecule has 2 heterocycles. The maximum absolute atomic E-state index is 9.00. The molecule has 9 nitrogen and oxygen atoms in total. The van der Waals surface area contributed by atoms with Crippen molar-refractivity contribution in [3.63, 3.8) is 0 Å². The topological polar surface area (TPSA) is 114 Å². The van der Waals surface area contributed by atoms with Crippen LogP contribution in [0.2, 0.25) is 0 Å². The maximum atomic E-state index is 9.00. The smallest absolute Gasteiger partial charge is 0.300 e. The summed E-state index contributed by atoms with van der Waals surface area (Å²) in [5.41, 5.74) is 16.1. The lowest BCUT2D eigenvalue weighted by molar-refractivity contribution is -0.134. The standard InChI is InChI=1S/C34H30N4O3.C2H4O2/c1-18-22-14-16-28(40-4)24-10-12-26(33(31(22)24)37-35-18)30(20-6-8-21(39-3)9-7-20)27-13-11-25-29(41-5)17-15-23-19(2)36-38-34(27)32(23)25;1-2(3)4/h6-17,30,37-38H,1-5H3;1H3,(H,3,4). The number of hydrazone groups is 2. The van der Waals surface area contributed by atoms with Gasteiger partial charge in [0.25, 0.3) is 5.97 Å². The molecule has 228 valence electrons. The van der Waals surface area contributed by atoms with Crippen LogP contribution < -0.4 is 25.1 Å². The molecule has 3 N–H and O–H groups in total. The first kappa shape index (κ1) is 29.5. The van der Waals surface area contributed by atoms with Crippen molar-refractivity contribution in [3.8, 4) is 17.2 Å². The van der Waals surface area contributed by atoms with Crippen molar-refractivity contribution in [2.24, 2.45) is 10.2 Å². The number of benzene rings is 5. The number of nitrogens with zero attached hydrogens (tertiary/aromatic N) is 2. The van der Waals surface area contributed by atoms with E-state index in [9.17, 15) is 0 Å².